The van der Waals surface area contributed by atoms with E-state index in [1.165, 1.54) is 14.2 Å². The van der Waals surface area contributed by atoms with Crippen molar-refractivity contribution in [1.29, 1.82) is 0 Å². The zero-order chi connectivity index (χ0) is 20.4. The summed E-state index contributed by atoms with van der Waals surface area (Å²) in [5.74, 6) is -3.35. The van der Waals surface area contributed by atoms with E-state index in [1.54, 1.807) is 6.92 Å². The molecule has 0 bridgehead atoms. The number of carbonyl (C=O) groups excluding carboxylic acids is 3. The number of ether oxygens (including phenoxy) is 5. The van der Waals surface area contributed by atoms with Crippen LogP contribution in [-0.2, 0) is 38.1 Å². The molecule has 2 aliphatic carbocycles. The minimum atomic E-state index is -1.13. The highest BCUT2D eigenvalue weighted by Crippen LogP contribution is 2.67. The summed E-state index contributed by atoms with van der Waals surface area (Å²) in [6, 6.07) is 0. The Labute approximate surface area is 165 Å². The lowest BCUT2D eigenvalue weighted by atomic mass is 9.43. The first-order valence-electron chi connectivity index (χ1n) is 9.92. The number of methoxy groups -OCH3 is 2. The van der Waals surface area contributed by atoms with Crippen LogP contribution in [0.2, 0.25) is 0 Å². The van der Waals surface area contributed by atoms with Crippen molar-refractivity contribution in [3.63, 3.8) is 0 Å². The Bertz CT molecular complexity index is 588. The summed E-state index contributed by atoms with van der Waals surface area (Å²) in [7, 11) is 2.48. The molecule has 2 spiro atoms. The summed E-state index contributed by atoms with van der Waals surface area (Å²) in [4.78, 5) is 37.2. The number of hydrogen-bond donors (Lipinski definition) is 0. The molecule has 8 nitrogen and oxygen atoms in total. The first-order chi connectivity index (χ1) is 13.3. The number of esters is 3. The molecule has 3 aliphatic rings. The average Bonchev–Trinajstić information content (AvgIpc) is 3.11. The zero-order valence-corrected chi connectivity index (χ0v) is 16.9. The molecule has 1 heterocycles. The van der Waals surface area contributed by atoms with Gasteiger partial charge in [-0.25, -0.2) is 0 Å². The molecule has 28 heavy (non-hydrogen) atoms. The molecule has 8 heteroatoms. The van der Waals surface area contributed by atoms with E-state index in [0.717, 1.165) is 25.7 Å². The van der Waals surface area contributed by atoms with Crippen LogP contribution < -0.4 is 0 Å². The predicted octanol–water partition coefficient (Wildman–Crippen LogP) is 1.99. The van der Waals surface area contributed by atoms with E-state index in [-0.39, 0.29) is 18.4 Å². The van der Waals surface area contributed by atoms with Crippen molar-refractivity contribution in [2.75, 3.05) is 34.0 Å². The Hall–Kier alpha value is -1.67. The van der Waals surface area contributed by atoms with Crippen molar-refractivity contribution in [1.82, 2.24) is 0 Å². The molecule has 0 radical (unpaired) electrons. The lowest BCUT2D eigenvalue weighted by molar-refractivity contribution is -0.222. The molecule has 0 aromatic carbocycles. The first kappa shape index (κ1) is 21.0. The number of carbonyl (C=O) groups is 3. The maximum atomic E-state index is 12.5. The third-order valence-corrected chi connectivity index (χ3v) is 6.63. The molecule has 0 N–H and O–H groups in total. The lowest BCUT2D eigenvalue weighted by Crippen LogP contribution is -2.58. The molecule has 2 saturated carbocycles. The highest BCUT2D eigenvalue weighted by molar-refractivity contribution is 5.96. The van der Waals surface area contributed by atoms with Gasteiger partial charge in [-0.1, -0.05) is 0 Å². The molecule has 0 aromatic rings. The summed E-state index contributed by atoms with van der Waals surface area (Å²) < 4.78 is 26.5. The fraction of sp³-hybridized carbons (Fsp3) is 0.850. The topological polar surface area (TPSA) is 97.4 Å². The van der Waals surface area contributed by atoms with Gasteiger partial charge in [-0.2, -0.15) is 0 Å². The molecule has 0 unspecified atom stereocenters. The monoisotopic (exact) mass is 398 g/mol. The van der Waals surface area contributed by atoms with Crippen LogP contribution in [0, 0.1) is 16.7 Å². The molecule has 0 aromatic heterocycles. The van der Waals surface area contributed by atoms with Crippen molar-refractivity contribution in [2.24, 2.45) is 16.7 Å². The second-order valence-corrected chi connectivity index (χ2v) is 8.28. The van der Waals surface area contributed by atoms with Gasteiger partial charge in [0.2, 0.25) is 0 Å². The average molecular weight is 398 g/mol. The van der Waals surface area contributed by atoms with Crippen molar-refractivity contribution in [2.45, 2.75) is 57.7 Å². The summed E-state index contributed by atoms with van der Waals surface area (Å²) in [6.07, 6.45) is 4.44. The summed E-state index contributed by atoms with van der Waals surface area (Å²) in [6.45, 7) is 3.21. The van der Waals surface area contributed by atoms with Gasteiger partial charge >= 0.3 is 17.9 Å². The maximum absolute atomic E-state index is 12.5. The summed E-state index contributed by atoms with van der Waals surface area (Å²) in [5.41, 5.74) is -0.873. The molecule has 1 saturated heterocycles. The van der Waals surface area contributed by atoms with Gasteiger partial charge in [-0.3, -0.25) is 14.4 Å². The number of rotatable bonds is 6. The van der Waals surface area contributed by atoms with Crippen molar-refractivity contribution >= 4 is 17.9 Å². The normalized spacial score (nSPS) is 24.0. The van der Waals surface area contributed by atoms with Crippen molar-refractivity contribution in [3.8, 4) is 0 Å². The van der Waals surface area contributed by atoms with Gasteiger partial charge in [0.25, 0.3) is 0 Å². The van der Waals surface area contributed by atoms with Crippen LogP contribution in [0.15, 0.2) is 0 Å². The Kier molecular flexibility index (Phi) is 6.00. The quantitative estimate of drug-likeness (QED) is 0.381. The largest absolute Gasteiger partial charge is 0.468 e. The second-order valence-electron chi connectivity index (χ2n) is 8.28. The van der Waals surface area contributed by atoms with Gasteiger partial charge in [-0.15, -0.1) is 0 Å². The van der Waals surface area contributed by atoms with Crippen LogP contribution in [0.4, 0.5) is 0 Å². The summed E-state index contributed by atoms with van der Waals surface area (Å²) >= 11 is 0. The van der Waals surface area contributed by atoms with Crippen LogP contribution in [0.1, 0.15) is 51.9 Å². The molecule has 3 fully saturated rings. The Morgan fingerprint density at radius 3 is 1.93 bits per heavy atom. The molecule has 1 aliphatic heterocycles. The van der Waals surface area contributed by atoms with E-state index < -0.39 is 35.0 Å². The van der Waals surface area contributed by atoms with E-state index in [1.807, 2.05) is 0 Å². The van der Waals surface area contributed by atoms with Gasteiger partial charge in [-0.05, 0) is 38.0 Å². The standard InChI is InChI=1S/C20H30O8/c1-4-26-14(21)11-19(15(16(22)24-2)17(23)25-3)12-18(13-19)5-7-20(8-6-18)27-9-10-28-20/h15H,4-13H2,1-3H3. The van der Waals surface area contributed by atoms with E-state index in [2.05, 4.69) is 0 Å². The predicted molar refractivity (Wildman–Crippen MR) is 96.0 cm³/mol. The van der Waals surface area contributed by atoms with Crippen molar-refractivity contribution < 1.29 is 38.1 Å². The highest BCUT2D eigenvalue weighted by Gasteiger charge is 2.64. The van der Waals surface area contributed by atoms with Crippen LogP contribution in [0.5, 0.6) is 0 Å². The fourth-order valence-corrected chi connectivity index (χ4v) is 5.50. The van der Waals surface area contributed by atoms with Crippen LogP contribution in [0.25, 0.3) is 0 Å². The molecule has 0 amide bonds. The second kappa shape index (κ2) is 7.99. The van der Waals surface area contributed by atoms with Gasteiger partial charge in [0, 0.05) is 18.3 Å². The van der Waals surface area contributed by atoms with Crippen LogP contribution >= 0.6 is 0 Å². The van der Waals surface area contributed by atoms with E-state index in [9.17, 15) is 14.4 Å². The summed E-state index contributed by atoms with van der Waals surface area (Å²) in [5, 5.41) is 0. The maximum Gasteiger partial charge on any atom is 0.320 e. The third kappa shape index (κ3) is 3.76. The van der Waals surface area contributed by atoms with E-state index in [4.69, 9.17) is 23.7 Å². The van der Waals surface area contributed by atoms with Gasteiger partial charge in [0.05, 0.1) is 40.5 Å². The molecular weight excluding hydrogens is 368 g/mol. The Morgan fingerprint density at radius 2 is 1.46 bits per heavy atom. The molecular formula is C20H30O8. The molecule has 0 atom stereocenters. The smallest absolute Gasteiger partial charge is 0.320 e. The zero-order valence-electron chi connectivity index (χ0n) is 16.9. The van der Waals surface area contributed by atoms with Gasteiger partial charge in [0.1, 0.15) is 0 Å². The fourth-order valence-electron chi connectivity index (χ4n) is 5.50. The van der Waals surface area contributed by atoms with Crippen LogP contribution in [-0.4, -0.2) is 57.7 Å². The SMILES string of the molecule is CCOC(=O)CC1(C(C(=O)OC)C(=O)OC)CC2(CCC3(CC2)OCCO3)C1. The minimum Gasteiger partial charge on any atom is -0.468 e. The van der Waals surface area contributed by atoms with Gasteiger partial charge in [0.15, 0.2) is 11.7 Å². The lowest BCUT2D eigenvalue weighted by Gasteiger charge is -2.60. The highest BCUT2D eigenvalue weighted by atomic mass is 16.7. The van der Waals surface area contributed by atoms with Crippen LogP contribution in [0.3, 0.4) is 0 Å². The minimum absolute atomic E-state index is 0.00437. The number of hydrogen-bond acceptors (Lipinski definition) is 8. The first-order valence-corrected chi connectivity index (χ1v) is 9.92. The molecule has 3 rings (SSSR count). The van der Waals surface area contributed by atoms with Crippen molar-refractivity contribution in [3.05, 3.63) is 0 Å². The Balaban J connectivity index is 1.78. The Morgan fingerprint density at radius 1 is 0.929 bits per heavy atom. The van der Waals surface area contributed by atoms with E-state index >= 15 is 0 Å². The third-order valence-electron chi connectivity index (χ3n) is 6.63. The van der Waals surface area contributed by atoms with E-state index in [0.29, 0.717) is 26.1 Å². The molecule has 158 valence electrons. The van der Waals surface area contributed by atoms with Gasteiger partial charge < -0.3 is 23.7 Å².